The van der Waals surface area contributed by atoms with E-state index in [1.54, 1.807) is 0 Å². The van der Waals surface area contributed by atoms with Gasteiger partial charge >= 0.3 is 0 Å². The third-order valence-electron chi connectivity index (χ3n) is 3.39. The van der Waals surface area contributed by atoms with Crippen LogP contribution in [0.2, 0.25) is 0 Å². The predicted octanol–water partition coefficient (Wildman–Crippen LogP) is 2.37. The second kappa shape index (κ2) is 7.29. The molecule has 0 aliphatic carbocycles. The van der Waals surface area contributed by atoms with Crippen LogP contribution < -0.4 is 10.6 Å². The number of nitrogens with one attached hydrogen (secondary N) is 2. The van der Waals surface area contributed by atoms with Crippen LogP contribution in [0.25, 0.3) is 0 Å². The number of benzene rings is 1. The molecule has 0 aromatic heterocycles. The molecular weight excluding hydrogens is 252 g/mol. The molecule has 20 heavy (non-hydrogen) atoms. The van der Waals surface area contributed by atoms with E-state index in [9.17, 15) is 4.79 Å². The van der Waals surface area contributed by atoms with Crippen LogP contribution in [-0.2, 0) is 9.53 Å². The van der Waals surface area contributed by atoms with E-state index in [0.29, 0.717) is 25.5 Å². The summed E-state index contributed by atoms with van der Waals surface area (Å²) in [7, 11) is 0. The number of hydrogen-bond donors (Lipinski definition) is 2. The number of anilines is 1. The molecule has 110 valence electrons. The average molecular weight is 276 g/mol. The number of hydrogen-bond acceptors (Lipinski definition) is 3. The molecule has 0 spiro atoms. The van der Waals surface area contributed by atoms with Crippen LogP contribution in [0.4, 0.5) is 5.69 Å². The Morgan fingerprint density at radius 3 is 3.05 bits per heavy atom. The number of amides is 1. The summed E-state index contributed by atoms with van der Waals surface area (Å²) in [6.45, 7) is 7.00. The molecule has 1 aliphatic heterocycles. The lowest BCUT2D eigenvalue weighted by Crippen LogP contribution is -2.29. The Kier molecular flexibility index (Phi) is 5.41. The van der Waals surface area contributed by atoms with Crippen LogP contribution in [0, 0.1) is 5.92 Å². The van der Waals surface area contributed by atoms with Crippen molar-refractivity contribution < 1.29 is 9.53 Å². The lowest BCUT2D eigenvalue weighted by Gasteiger charge is -2.11. The summed E-state index contributed by atoms with van der Waals surface area (Å²) in [5, 5.41) is 6.26. The van der Waals surface area contributed by atoms with Crippen molar-refractivity contribution >= 4 is 11.6 Å². The molecule has 1 amide bonds. The van der Waals surface area contributed by atoms with Crippen molar-refractivity contribution in [1.82, 2.24) is 5.32 Å². The Balaban J connectivity index is 1.68. The molecule has 1 heterocycles. The maximum absolute atomic E-state index is 11.9. The summed E-state index contributed by atoms with van der Waals surface area (Å²) in [6.07, 6.45) is 0.536. The second-order valence-corrected chi connectivity index (χ2v) is 5.69. The molecule has 0 fully saturated rings. The van der Waals surface area contributed by atoms with Gasteiger partial charge in [0.05, 0.1) is 6.61 Å². The van der Waals surface area contributed by atoms with Gasteiger partial charge in [-0.2, -0.15) is 0 Å². The highest BCUT2D eigenvalue weighted by molar-refractivity contribution is 5.78. The Morgan fingerprint density at radius 2 is 2.25 bits per heavy atom. The zero-order valence-electron chi connectivity index (χ0n) is 12.3. The number of carbonyl (C=O) groups is 1. The number of carbonyl (C=O) groups excluding carboxylic acids is 1. The minimum absolute atomic E-state index is 0.0988. The van der Waals surface area contributed by atoms with Crippen molar-refractivity contribution in [3.8, 4) is 0 Å². The van der Waals surface area contributed by atoms with Crippen molar-refractivity contribution in [2.24, 2.45) is 5.92 Å². The van der Waals surface area contributed by atoms with E-state index in [4.69, 9.17) is 4.74 Å². The molecule has 4 nitrogen and oxygen atoms in total. The maximum atomic E-state index is 11.9. The standard InChI is InChI=1S/C16H24N2O2/c1-12(2)11-20-8-7-17-16(19)9-13-10-18-15-6-4-3-5-14(13)15/h3-6,12-13,18H,7-11H2,1-2H3,(H,17,19). The van der Waals surface area contributed by atoms with E-state index in [2.05, 4.69) is 36.6 Å². The number of fused-ring (bicyclic) bond motifs is 1. The third-order valence-corrected chi connectivity index (χ3v) is 3.39. The summed E-state index contributed by atoms with van der Waals surface area (Å²) in [6, 6.07) is 8.20. The first-order valence-corrected chi connectivity index (χ1v) is 7.34. The van der Waals surface area contributed by atoms with E-state index < -0.39 is 0 Å². The van der Waals surface area contributed by atoms with Crippen molar-refractivity contribution in [3.05, 3.63) is 29.8 Å². The molecule has 2 rings (SSSR count). The number of rotatable bonds is 7. The van der Waals surface area contributed by atoms with Crippen molar-refractivity contribution in [2.75, 3.05) is 31.6 Å². The zero-order valence-corrected chi connectivity index (χ0v) is 12.3. The Bertz CT molecular complexity index is 446. The monoisotopic (exact) mass is 276 g/mol. The van der Waals surface area contributed by atoms with Gasteiger partial charge in [-0.25, -0.2) is 0 Å². The van der Waals surface area contributed by atoms with Gasteiger partial charge in [0.25, 0.3) is 0 Å². The van der Waals surface area contributed by atoms with Crippen LogP contribution >= 0.6 is 0 Å². The average Bonchev–Trinajstić information content (AvgIpc) is 2.81. The first-order valence-electron chi connectivity index (χ1n) is 7.34. The highest BCUT2D eigenvalue weighted by Gasteiger charge is 2.23. The predicted molar refractivity (Wildman–Crippen MR) is 81.0 cm³/mol. The minimum Gasteiger partial charge on any atom is -0.384 e. The molecule has 0 saturated heterocycles. The summed E-state index contributed by atoms with van der Waals surface area (Å²) in [5.41, 5.74) is 2.41. The van der Waals surface area contributed by atoms with E-state index in [1.165, 1.54) is 5.56 Å². The smallest absolute Gasteiger partial charge is 0.220 e. The van der Waals surface area contributed by atoms with Crippen LogP contribution in [0.3, 0.4) is 0 Å². The molecule has 2 N–H and O–H groups in total. The van der Waals surface area contributed by atoms with Crippen molar-refractivity contribution in [1.29, 1.82) is 0 Å². The molecule has 1 aromatic carbocycles. The first-order chi connectivity index (χ1) is 9.66. The van der Waals surface area contributed by atoms with E-state index in [0.717, 1.165) is 18.8 Å². The van der Waals surface area contributed by atoms with Gasteiger partial charge in [0.2, 0.25) is 5.91 Å². The van der Waals surface area contributed by atoms with Crippen LogP contribution in [-0.4, -0.2) is 32.2 Å². The SMILES string of the molecule is CC(C)COCCNC(=O)CC1CNc2ccccc21. The van der Waals surface area contributed by atoms with Gasteiger partial charge in [0.15, 0.2) is 0 Å². The van der Waals surface area contributed by atoms with Crippen molar-refractivity contribution in [2.45, 2.75) is 26.2 Å². The quantitative estimate of drug-likeness (QED) is 0.752. The molecule has 4 heteroatoms. The van der Waals surface area contributed by atoms with Crippen LogP contribution in [0.1, 0.15) is 31.7 Å². The summed E-state index contributed by atoms with van der Waals surface area (Å²) < 4.78 is 5.44. The van der Waals surface area contributed by atoms with Gasteiger partial charge in [0.1, 0.15) is 0 Å². The molecule has 1 aliphatic rings. The third kappa shape index (κ3) is 4.23. The fraction of sp³-hybridized carbons (Fsp3) is 0.562. The molecule has 0 saturated carbocycles. The molecular formula is C16H24N2O2. The second-order valence-electron chi connectivity index (χ2n) is 5.69. The van der Waals surface area contributed by atoms with Gasteiger partial charge < -0.3 is 15.4 Å². The minimum atomic E-state index is 0.0988. The lowest BCUT2D eigenvalue weighted by molar-refractivity contribution is -0.121. The van der Waals surface area contributed by atoms with Gasteiger partial charge in [-0.1, -0.05) is 32.0 Å². The van der Waals surface area contributed by atoms with Crippen LogP contribution in [0.5, 0.6) is 0 Å². The molecule has 0 bridgehead atoms. The van der Waals surface area contributed by atoms with Gasteiger partial charge in [-0.05, 0) is 17.5 Å². The van der Waals surface area contributed by atoms with Crippen molar-refractivity contribution in [3.63, 3.8) is 0 Å². The maximum Gasteiger partial charge on any atom is 0.220 e. The van der Waals surface area contributed by atoms with Gasteiger partial charge in [-0.3, -0.25) is 4.79 Å². The van der Waals surface area contributed by atoms with Gasteiger partial charge in [-0.15, -0.1) is 0 Å². The molecule has 1 aromatic rings. The van der Waals surface area contributed by atoms with E-state index in [1.807, 2.05) is 12.1 Å². The van der Waals surface area contributed by atoms with Crippen LogP contribution in [0.15, 0.2) is 24.3 Å². The molecule has 1 atom stereocenters. The number of para-hydroxylation sites is 1. The van der Waals surface area contributed by atoms with E-state index in [-0.39, 0.29) is 11.8 Å². The summed E-state index contributed by atoms with van der Waals surface area (Å²) >= 11 is 0. The Morgan fingerprint density at radius 1 is 1.45 bits per heavy atom. The first kappa shape index (κ1) is 14.9. The zero-order chi connectivity index (χ0) is 14.4. The highest BCUT2D eigenvalue weighted by atomic mass is 16.5. The summed E-state index contributed by atoms with van der Waals surface area (Å²) in [5.74, 6) is 0.913. The lowest BCUT2D eigenvalue weighted by atomic mass is 9.98. The fourth-order valence-electron chi connectivity index (χ4n) is 2.42. The normalized spacial score (nSPS) is 16.9. The number of ether oxygens (including phenoxy) is 1. The molecule has 1 unspecified atom stereocenters. The fourth-order valence-corrected chi connectivity index (χ4v) is 2.42. The summed E-state index contributed by atoms with van der Waals surface area (Å²) in [4.78, 5) is 11.9. The highest BCUT2D eigenvalue weighted by Crippen LogP contribution is 2.32. The largest absolute Gasteiger partial charge is 0.384 e. The Labute approximate surface area is 120 Å². The topological polar surface area (TPSA) is 50.4 Å². The van der Waals surface area contributed by atoms with E-state index >= 15 is 0 Å². The molecule has 0 radical (unpaired) electrons. The van der Waals surface area contributed by atoms with Gasteiger partial charge in [0, 0.05) is 37.7 Å². The Hall–Kier alpha value is -1.55.